The zero-order valence-electron chi connectivity index (χ0n) is 22.3. The Hall–Kier alpha value is -5.05. The van der Waals surface area contributed by atoms with E-state index in [1.165, 1.54) is 26.2 Å². The topological polar surface area (TPSA) is 87.3 Å². The highest BCUT2D eigenvalue weighted by Crippen LogP contribution is 2.39. The molecule has 198 valence electrons. The van der Waals surface area contributed by atoms with Gasteiger partial charge in [-0.2, -0.15) is 0 Å². The molecular weight excluding hydrogens is 496 g/mol. The van der Waals surface area contributed by atoms with Crippen molar-refractivity contribution in [1.82, 2.24) is 9.36 Å². The molecule has 0 aliphatic carbocycles. The fraction of sp³-hybridized carbons (Fsp3) is 0.167. The number of ether oxygens (including phenoxy) is 3. The Morgan fingerprint density at radius 1 is 0.821 bits per heavy atom. The predicted molar refractivity (Wildman–Crippen MR) is 150 cm³/mol. The van der Waals surface area contributed by atoms with Crippen molar-refractivity contribution in [1.29, 1.82) is 0 Å². The van der Waals surface area contributed by atoms with Crippen LogP contribution >= 0.6 is 0 Å². The summed E-state index contributed by atoms with van der Waals surface area (Å²) < 4.78 is 19.6. The Balaban J connectivity index is 1.69. The smallest absolute Gasteiger partial charge is 0.296 e. The average molecular weight is 525 g/mol. The first kappa shape index (κ1) is 25.6. The number of hydrogen-bond donors (Lipinski definition) is 0. The molecule has 0 saturated heterocycles. The van der Waals surface area contributed by atoms with E-state index in [2.05, 4.69) is 0 Å². The molecule has 9 heteroatoms. The van der Waals surface area contributed by atoms with E-state index >= 15 is 0 Å². The third-order valence-corrected chi connectivity index (χ3v) is 6.63. The first-order valence-corrected chi connectivity index (χ1v) is 12.2. The number of rotatable bonds is 7. The number of para-hydroxylation sites is 1. The molecule has 0 spiro atoms. The summed E-state index contributed by atoms with van der Waals surface area (Å²) >= 11 is 0. The van der Waals surface area contributed by atoms with E-state index in [1.54, 1.807) is 34.6 Å². The van der Waals surface area contributed by atoms with Crippen LogP contribution in [0.5, 0.6) is 17.2 Å². The molecule has 4 aromatic rings. The molecule has 1 amide bonds. The van der Waals surface area contributed by atoms with Crippen LogP contribution in [0.1, 0.15) is 16.8 Å². The second-order valence-electron chi connectivity index (χ2n) is 8.84. The van der Waals surface area contributed by atoms with E-state index in [9.17, 15) is 9.59 Å². The van der Waals surface area contributed by atoms with Crippen molar-refractivity contribution in [3.05, 3.63) is 106 Å². The Bertz CT molecular complexity index is 1640. The van der Waals surface area contributed by atoms with Crippen molar-refractivity contribution in [2.45, 2.75) is 6.92 Å². The minimum absolute atomic E-state index is 0.164. The number of anilines is 1. The van der Waals surface area contributed by atoms with Crippen LogP contribution in [0, 0.1) is 6.92 Å². The number of nitrogens with zero attached hydrogens (tertiary/aromatic N) is 4. The lowest BCUT2D eigenvalue weighted by molar-refractivity contribution is -0.113. The lowest BCUT2D eigenvalue weighted by atomic mass is 10.1. The summed E-state index contributed by atoms with van der Waals surface area (Å²) in [4.78, 5) is 34.0. The molecule has 0 fully saturated rings. The fourth-order valence-corrected chi connectivity index (χ4v) is 4.66. The van der Waals surface area contributed by atoms with E-state index in [-0.39, 0.29) is 16.9 Å². The van der Waals surface area contributed by atoms with Gasteiger partial charge in [-0.25, -0.2) is 9.67 Å². The molecular formula is C30H28N4O5. The summed E-state index contributed by atoms with van der Waals surface area (Å²) in [7, 11) is 6.37. The molecule has 0 unspecified atom stereocenters. The zero-order chi connectivity index (χ0) is 27.7. The number of aliphatic imine (C=N–C) groups is 1. The lowest BCUT2D eigenvalue weighted by Crippen LogP contribution is -2.36. The monoisotopic (exact) mass is 524 g/mol. The first-order chi connectivity index (χ1) is 18.9. The predicted octanol–water partition coefficient (Wildman–Crippen LogP) is 4.34. The van der Waals surface area contributed by atoms with Crippen molar-refractivity contribution in [3.63, 3.8) is 0 Å². The number of aromatic nitrogens is 2. The minimum Gasteiger partial charge on any atom is -0.493 e. The molecule has 0 radical (unpaired) electrons. The number of amidine groups is 1. The van der Waals surface area contributed by atoms with E-state index in [1.807, 2.05) is 67.6 Å². The number of benzene rings is 3. The van der Waals surface area contributed by atoms with Crippen LogP contribution in [0.3, 0.4) is 0 Å². The fourth-order valence-electron chi connectivity index (χ4n) is 4.66. The summed E-state index contributed by atoms with van der Waals surface area (Å²) in [6, 6.07) is 22.1. The van der Waals surface area contributed by atoms with Gasteiger partial charge in [0, 0.05) is 12.6 Å². The molecule has 1 aliphatic rings. The van der Waals surface area contributed by atoms with E-state index in [0.717, 1.165) is 0 Å². The standard InChI is InChI=1S/C30H28N4O5/c1-19-26(30(36)34(32(19)2)22-14-10-7-11-15-22)33-28(21-12-8-6-9-13-21)31-23(29(33)35)16-20-17-24(37-3)27(39-5)25(18-20)38-4/h6-18H,1-5H3/b23-16+. The van der Waals surface area contributed by atoms with E-state index in [4.69, 9.17) is 19.2 Å². The van der Waals surface area contributed by atoms with E-state index < -0.39 is 5.91 Å². The molecule has 2 heterocycles. The molecule has 0 bridgehead atoms. The van der Waals surface area contributed by atoms with Gasteiger partial charge in [-0.05, 0) is 42.8 Å². The Morgan fingerprint density at radius 3 is 1.97 bits per heavy atom. The molecule has 9 nitrogen and oxygen atoms in total. The van der Waals surface area contributed by atoms with Crippen LogP contribution in [-0.4, -0.2) is 42.4 Å². The molecule has 39 heavy (non-hydrogen) atoms. The molecule has 1 aromatic heterocycles. The van der Waals surface area contributed by atoms with Crippen LogP contribution in [0.25, 0.3) is 11.8 Å². The number of carbonyl (C=O) groups is 1. The molecule has 3 aromatic carbocycles. The Morgan fingerprint density at radius 2 is 1.41 bits per heavy atom. The second-order valence-corrected chi connectivity index (χ2v) is 8.84. The average Bonchev–Trinajstić information content (AvgIpc) is 3.39. The molecule has 5 rings (SSSR count). The van der Waals surface area contributed by atoms with Gasteiger partial charge in [0.15, 0.2) is 11.5 Å². The number of methoxy groups -OCH3 is 3. The summed E-state index contributed by atoms with van der Waals surface area (Å²) in [5.74, 6) is 1.28. The van der Waals surface area contributed by atoms with E-state index in [0.29, 0.717) is 45.6 Å². The van der Waals surface area contributed by atoms with Gasteiger partial charge in [-0.3, -0.25) is 19.2 Å². The maximum atomic E-state index is 14.0. The molecule has 0 atom stereocenters. The Kier molecular flexibility index (Phi) is 6.81. The van der Waals surface area contributed by atoms with Crippen LogP contribution in [0.4, 0.5) is 5.69 Å². The molecule has 0 N–H and O–H groups in total. The number of hydrogen-bond acceptors (Lipinski definition) is 6. The van der Waals surface area contributed by atoms with Crippen molar-refractivity contribution < 1.29 is 19.0 Å². The zero-order valence-corrected chi connectivity index (χ0v) is 22.3. The maximum Gasteiger partial charge on any atom is 0.296 e. The maximum absolute atomic E-state index is 14.0. The molecule has 1 aliphatic heterocycles. The number of carbonyl (C=O) groups excluding carboxylic acids is 1. The van der Waals surface area contributed by atoms with Gasteiger partial charge in [-0.1, -0.05) is 48.5 Å². The normalized spacial score (nSPS) is 14.1. The lowest BCUT2D eigenvalue weighted by Gasteiger charge is -2.17. The first-order valence-electron chi connectivity index (χ1n) is 12.2. The van der Waals surface area contributed by atoms with Gasteiger partial charge in [0.2, 0.25) is 5.75 Å². The Labute approximate surface area is 225 Å². The summed E-state index contributed by atoms with van der Waals surface area (Å²) in [6.45, 7) is 1.81. The van der Waals surface area contributed by atoms with Gasteiger partial charge < -0.3 is 14.2 Å². The van der Waals surface area contributed by atoms with Crippen LogP contribution in [0.2, 0.25) is 0 Å². The highest BCUT2D eigenvalue weighted by atomic mass is 16.5. The largest absolute Gasteiger partial charge is 0.493 e. The highest BCUT2D eigenvalue weighted by Gasteiger charge is 2.37. The molecule has 0 saturated carbocycles. The second kappa shape index (κ2) is 10.4. The van der Waals surface area contributed by atoms with Crippen molar-refractivity contribution >= 4 is 23.5 Å². The van der Waals surface area contributed by atoms with Gasteiger partial charge in [-0.15, -0.1) is 0 Å². The summed E-state index contributed by atoms with van der Waals surface area (Å²) in [5, 5.41) is 0. The van der Waals surface area contributed by atoms with Gasteiger partial charge in [0.25, 0.3) is 11.5 Å². The quantitative estimate of drug-likeness (QED) is 0.336. The van der Waals surface area contributed by atoms with Crippen molar-refractivity contribution in [2.75, 3.05) is 26.2 Å². The number of amides is 1. The van der Waals surface area contributed by atoms with Crippen LogP contribution < -0.4 is 24.7 Å². The van der Waals surface area contributed by atoms with Crippen LogP contribution in [0.15, 0.2) is 88.3 Å². The van der Waals surface area contributed by atoms with Crippen LogP contribution in [-0.2, 0) is 11.8 Å². The van der Waals surface area contributed by atoms with Crippen molar-refractivity contribution in [2.24, 2.45) is 12.0 Å². The SMILES string of the molecule is COc1cc(/C=C2/N=C(c3ccccc3)N(c3c(C)n(C)n(-c4ccccc4)c3=O)C2=O)cc(OC)c1OC. The third-order valence-electron chi connectivity index (χ3n) is 6.63. The third kappa shape index (κ3) is 4.37. The minimum atomic E-state index is -0.423. The summed E-state index contributed by atoms with van der Waals surface area (Å²) in [5.41, 5.74) is 2.71. The van der Waals surface area contributed by atoms with Gasteiger partial charge in [0.1, 0.15) is 17.2 Å². The van der Waals surface area contributed by atoms with Gasteiger partial charge >= 0.3 is 0 Å². The highest BCUT2D eigenvalue weighted by molar-refractivity contribution is 6.33. The van der Waals surface area contributed by atoms with Gasteiger partial charge in [0.05, 0.1) is 32.7 Å². The summed E-state index contributed by atoms with van der Waals surface area (Å²) in [6.07, 6.45) is 1.64. The van der Waals surface area contributed by atoms with Crippen molar-refractivity contribution in [3.8, 4) is 22.9 Å².